The maximum atomic E-state index is 11.8. The average molecular weight is 347 g/mol. The molecule has 0 aromatic heterocycles. The third-order valence-electron chi connectivity index (χ3n) is 3.79. The predicted molar refractivity (Wildman–Crippen MR) is 100 cm³/mol. The summed E-state index contributed by atoms with van der Waals surface area (Å²) in [5.74, 6) is 6.05. The third-order valence-corrected chi connectivity index (χ3v) is 4.74. The maximum Gasteiger partial charge on any atom is 0.239 e. The Balaban J connectivity index is 2.11. The minimum atomic E-state index is -3.83. The van der Waals surface area contributed by atoms with Crippen LogP contribution in [-0.4, -0.2) is 8.42 Å². The number of nitrogens with two attached hydrogens (primary N) is 1. The Morgan fingerprint density at radius 1 is 0.800 bits per heavy atom. The Kier molecular flexibility index (Phi) is 4.71. The molecule has 0 saturated heterocycles. The largest absolute Gasteiger partial charge is 0.239 e. The first-order valence-electron chi connectivity index (χ1n) is 7.75. The van der Waals surface area contributed by atoms with E-state index < -0.39 is 10.0 Å². The molecule has 3 nitrogen and oxygen atoms in total. The molecule has 0 radical (unpaired) electrons. The fourth-order valence-corrected chi connectivity index (χ4v) is 3.34. The molecule has 0 heterocycles. The summed E-state index contributed by atoms with van der Waals surface area (Å²) in [6.45, 7) is 1.82. The molecule has 124 valence electrons. The van der Waals surface area contributed by atoms with Gasteiger partial charge < -0.3 is 0 Å². The molecular weight excluding hydrogens is 330 g/mol. The highest BCUT2D eigenvalue weighted by Crippen LogP contribution is 2.23. The minimum absolute atomic E-state index is 0.0530. The second-order valence-corrected chi connectivity index (χ2v) is 7.24. The normalized spacial score (nSPS) is 10.8. The Labute approximate surface area is 148 Å². The van der Waals surface area contributed by atoms with E-state index in [4.69, 9.17) is 5.14 Å². The van der Waals surface area contributed by atoms with Crippen LogP contribution >= 0.6 is 0 Å². The van der Waals surface area contributed by atoms with E-state index in [-0.39, 0.29) is 4.90 Å². The van der Waals surface area contributed by atoms with Gasteiger partial charge in [0.2, 0.25) is 10.0 Å². The number of primary sulfonamides is 1. The van der Waals surface area contributed by atoms with Crippen LogP contribution in [-0.2, 0) is 10.0 Å². The van der Waals surface area contributed by atoms with Crippen molar-refractivity contribution in [2.24, 2.45) is 5.14 Å². The van der Waals surface area contributed by atoms with Gasteiger partial charge in [-0.2, -0.15) is 0 Å². The zero-order valence-electron chi connectivity index (χ0n) is 13.7. The van der Waals surface area contributed by atoms with Crippen molar-refractivity contribution in [3.05, 3.63) is 89.5 Å². The van der Waals surface area contributed by atoms with Crippen molar-refractivity contribution in [1.29, 1.82) is 0 Å². The van der Waals surface area contributed by atoms with Crippen LogP contribution in [0.25, 0.3) is 11.1 Å². The van der Waals surface area contributed by atoms with Gasteiger partial charge in [-0.25, -0.2) is 13.6 Å². The molecule has 0 fully saturated rings. The highest BCUT2D eigenvalue weighted by molar-refractivity contribution is 7.89. The van der Waals surface area contributed by atoms with Crippen molar-refractivity contribution in [2.75, 3.05) is 0 Å². The zero-order valence-corrected chi connectivity index (χ0v) is 14.5. The predicted octanol–water partition coefficient (Wildman–Crippen LogP) is 3.71. The van der Waals surface area contributed by atoms with Gasteiger partial charge in [-0.05, 0) is 41.8 Å². The monoisotopic (exact) mass is 347 g/mol. The van der Waals surface area contributed by atoms with Crippen LogP contribution in [0, 0.1) is 18.8 Å². The van der Waals surface area contributed by atoms with Gasteiger partial charge in [0.05, 0.1) is 4.90 Å². The van der Waals surface area contributed by atoms with Gasteiger partial charge in [0.25, 0.3) is 0 Å². The number of aryl methyl sites for hydroxylation is 1. The molecule has 0 aliphatic heterocycles. The lowest BCUT2D eigenvalue weighted by molar-refractivity contribution is 0.597. The summed E-state index contributed by atoms with van der Waals surface area (Å²) < 4.78 is 23.6. The van der Waals surface area contributed by atoms with Gasteiger partial charge in [-0.1, -0.05) is 66.4 Å². The Hall–Kier alpha value is -2.87. The summed E-state index contributed by atoms with van der Waals surface area (Å²) >= 11 is 0. The molecule has 3 aromatic carbocycles. The van der Waals surface area contributed by atoms with Crippen LogP contribution in [0.4, 0.5) is 0 Å². The van der Waals surface area contributed by atoms with Crippen molar-refractivity contribution in [1.82, 2.24) is 0 Å². The summed E-state index contributed by atoms with van der Waals surface area (Å²) in [5.41, 5.74) is 4.10. The molecule has 0 unspecified atom stereocenters. The molecule has 2 N–H and O–H groups in total. The lowest BCUT2D eigenvalue weighted by Crippen LogP contribution is -2.14. The molecule has 0 aliphatic rings. The fourth-order valence-electron chi connectivity index (χ4n) is 2.56. The standard InChI is InChI=1S/C21H17NO2S/c1-16-11-12-19(21(15-16)25(22,23)24)14-13-18-9-5-6-10-20(18)17-7-3-2-4-8-17/h2-12,15H,1H3,(H2,22,23,24). The topological polar surface area (TPSA) is 60.2 Å². The van der Waals surface area contributed by atoms with Gasteiger partial charge in [0.1, 0.15) is 0 Å². The summed E-state index contributed by atoms with van der Waals surface area (Å²) in [4.78, 5) is 0.0530. The van der Waals surface area contributed by atoms with Gasteiger partial charge in [0.15, 0.2) is 0 Å². The lowest BCUT2D eigenvalue weighted by Gasteiger charge is -2.05. The number of benzene rings is 3. The Morgan fingerprint density at radius 3 is 2.16 bits per heavy atom. The molecule has 3 rings (SSSR count). The van der Waals surface area contributed by atoms with Crippen molar-refractivity contribution < 1.29 is 8.42 Å². The number of sulfonamides is 1. The molecule has 0 spiro atoms. The second kappa shape index (κ2) is 6.94. The molecule has 3 aromatic rings. The molecule has 0 atom stereocenters. The van der Waals surface area contributed by atoms with E-state index in [0.29, 0.717) is 5.56 Å². The van der Waals surface area contributed by atoms with Crippen molar-refractivity contribution in [2.45, 2.75) is 11.8 Å². The van der Waals surface area contributed by atoms with E-state index in [2.05, 4.69) is 11.8 Å². The third kappa shape index (κ3) is 3.97. The summed E-state index contributed by atoms with van der Waals surface area (Å²) in [6.07, 6.45) is 0. The van der Waals surface area contributed by atoms with E-state index in [1.54, 1.807) is 12.1 Å². The molecule has 4 heteroatoms. The van der Waals surface area contributed by atoms with Crippen molar-refractivity contribution >= 4 is 10.0 Å². The van der Waals surface area contributed by atoms with E-state index in [9.17, 15) is 8.42 Å². The highest BCUT2D eigenvalue weighted by atomic mass is 32.2. The fraction of sp³-hybridized carbons (Fsp3) is 0.0476. The van der Waals surface area contributed by atoms with E-state index in [1.165, 1.54) is 0 Å². The minimum Gasteiger partial charge on any atom is -0.225 e. The van der Waals surface area contributed by atoms with Crippen LogP contribution in [0.5, 0.6) is 0 Å². The van der Waals surface area contributed by atoms with Gasteiger partial charge >= 0.3 is 0 Å². The van der Waals surface area contributed by atoms with Crippen LogP contribution in [0.15, 0.2) is 77.7 Å². The van der Waals surface area contributed by atoms with Crippen molar-refractivity contribution in [3.63, 3.8) is 0 Å². The second-order valence-electron chi connectivity index (χ2n) is 5.71. The highest BCUT2D eigenvalue weighted by Gasteiger charge is 2.12. The molecule has 0 bridgehead atoms. The van der Waals surface area contributed by atoms with Crippen LogP contribution in [0.2, 0.25) is 0 Å². The Bertz CT molecular complexity index is 1080. The molecule has 0 aliphatic carbocycles. The number of hydrogen-bond acceptors (Lipinski definition) is 2. The van der Waals surface area contributed by atoms with Gasteiger partial charge in [0, 0.05) is 11.1 Å². The summed E-state index contributed by atoms with van der Waals surface area (Å²) in [7, 11) is -3.83. The Morgan fingerprint density at radius 2 is 1.44 bits per heavy atom. The average Bonchev–Trinajstić information content (AvgIpc) is 2.61. The quantitative estimate of drug-likeness (QED) is 0.719. The first kappa shape index (κ1) is 17.0. The number of rotatable bonds is 2. The first-order valence-corrected chi connectivity index (χ1v) is 9.30. The smallest absolute Gasteiger partial charge is 0.225 e. The molecule has 0 saturated carbocycles. The summed E-state index contributed by atoms with van der Waals surface area (Å²) in [6, 6.07) is 22.8. The van der Waals surface area contributed by atoms with Crippen LogP contribution < -0.4 is 5.14 Å². The van der Waals surface area contributed by atoms with E-state index in [1.807, 2.05) is 67.6 Å². The number of hydrogen-bond donors (Lipinski definition) is 1. The SMILES string of the molecule is Cc1ccc(C#Cc2ccccc2-c2ccccc2)c(S(N)(=O)=O)c1. The van der Waals surface area contributed by atoms with E-state index in [0.717, 1.165) is 22.3 Å². The maximum absolute atomic E-state index is 11.8. The van der Waals surface area contributed by atoms with Crippen LogP contribution in [0.1, 0.15) is 16.7 Å². The first-order chi connectivity index (χ1) is 11.9. The van der Waals surface area contributed by atoms with Crippen LogP contribution in [0.3, 0.4) is 0 Å². The van der Waals surface area contributed by atoms with Gasteiger partial charge in [-0.3, -0.25) is 0 Å². The zero-order chi connectivity index (χ0) is 17.9. The molecule has 25 heavy (non-hydrogen) atoms. The summed E-state index contributed by atoms with van der Waals surface area (Å²) in [5, 5.41) is 5.32. The lowest BCUT2D eigenvalue weighted by atomic mass is 10.00. The van der Waals surface area contributed by atoms with Crippen molar-refractivity contribution in [3.8, 4) is 23.0 Å². The molecule has 0 amide bonds. The van der Waals surface area contributed by atoms with E-state index >= 15 is 0 Å². The van der Waals surface area contributed by atoms with Gasteiger partial charge in [-0.15, -0.1) is 0 Å². The molecular formula is C21H17NO2S.